The molecule has 0 saturated heterocycles. The van der Waals surface area contributed by atoms with Crippen LogP contribution >= 0.6 is 11.6 Å². The van der Waals surface area contributed by atoms with Gasteiger partial charge in [-0.3, -0.25) is 4.72 Å². The number of rotatable bonds is 12. The minimum atomic E-state index is -3.48. The molecule has 2 aromatic carbocycles. The van der Waals surface area contributed by atoms with Gasteiger partial charge < -0.3 is 9.47 Å². The van der Waals surface area contributed by atoms with Crippen LogP contribution in [-0.4, -0.2) is 37.8 Å². The number of azide groups is 1. The third kappa shape index (κ3) is 7.73. The van der Waals surface area contributed by atoms with Crippen LogP contribution in [0.2, 0.25) is 5.02 Å². The van der Waals surface area contributed by atoms with Gasteiger partial charge >= 0.3 is 0 Å². The van der Waals surface area contributed by atoms with Crippen molar-refractivity contribution in [2.75, 3.05) is 24.1 Å². The first-order chi connectivity index (χ1) is 18.0. The number of benzene rings is 2. The molecule has 1 N–H and O–H groups in total. The van der Waals surface area contributed by atoms with Gasteiger partial charge in [0.05, 0.1) is 29.1 Å². The fraction of sp³-hybridized carbons (Fsp3) is 0.320. The maximum absolute atomic E-state index is 11.4. The normalized spacial score (nSPS) is 11.2. The first-order valence-corrected chi connectivity index (χ1v) is 13.7. The Morgan fingerprint density at radius 2 is 1.92 bits per heavy atom. The molecule has 0 atom stereocenters. The summed E-state index contributed by atoms with van der Waals surface area (Å²) in [7, 11) is -3.48. The number of nitrogens with zero attached hydrogens (tertiary/aromatic N) is 6. The lowest BCUT2D eigenvalue weighted by Crippen LogP contribution is -2.19. The van der Waals surface area contributed by atoms with E-state index in [1.54, 1.807) is 18.2 Å². The molecule has 198 valence electrons. The molecular formula is C25H26ClN7O4S. The molecule has 1 aromatic heterocycles. The van der Waals surface area contributed by atoms with Gasteiger partial charge in [0.25, 0.3) is 0 Å². The molecule has 0 bridgehead atoms. The lowest BCUT2D eigenvalue weighted by molar-refractivity contribution is 0.301. The summed E-state index contributed by atoms with van der Waals surface area (Å²) >= 11 is 6.49. The molecule has 0 aliphatic carbocycles. The van der Waals surface area contributed by atoms with E-state index in [1.165, 1.54) is 6.20 Å². The lowest BCUT2D eigenvalue weighted by Gasteiger charge is -2.27. The van der Waals surface area contributed by atoms with Gasteiger partial charge in [0.2, 0.25) is 16.0 Å². The van der Waals surface area contributed by atoms with Gasteiger partial charge in [0.1, 0.15) is 18.4 Å². The zero-order valence-electron chi connectivity index (χ0n) is 21.0. The monoisotopic (exact) mass is 555 g/mol. The summed E-state index contributed by atoms with van der Waals surface area (Å²) in [5.74, 6) is 0.879. The number of aromatic nitrogens is 2. The van der Waals surface area contributed by atoms with Crippen molar-refractivity contribution in [2.45, 2.75) is 32.3 Å². The van der Waals surface area contributed by atoms with E-state index in [2.05, 4.69) is 30.8 Å². The van der Waals surface area contributed by atoms with Gasteiger partial charge in [-0.2, -0.15) is 5.26 Å². The number of nitrogens with one attached hydrogen (secondary N) is 1. The second kappa shape index (κ2) is 12.5. The molecule has 0 saturated carbocycles. The molecule has 0 amide bonds. The van der Waals surface area contributed by atoms with E-state index in [0.717, 1.165) is 17.4 Å². The molecule has 0 aliphatic rings. The van der Waals surface area contributed by atoms with E-state index in [4.69, 9.17) is 26.6 Å². The Labute approximate surface area is 226 Å². The van der Waals surface area contributed by atoms with E-state index < -0.39 is 15.4 Å². The van der Waals surface area contributed by atoms with Gasteiger partial charge in [-0.1, -0.05) is 42.7 Å². The third-order valence-corrected chi connectivity index (χ3v) is 6.38. The number of hydrogen-bond donors (Lipinski definition) is 1. The second-order valence-corrected chi connectivity index (χ2v) is 10.9. The highest BCUT2D eigenvalue weighted by molar-refractivity contribution is 7.91. The fourth-order valence-electron chi connectivity index (χ4n) is 3.52. The first kappa shape index (κ1) is 28.5. The molecule has 0 fully saturated rings. The molecule has 0 radical (unpaired) electrons. The summed E-state index contributed by atoms with van der Waals surface area (Å²) in [6.07, 6.45) is 2.98. The second-order valence-electron chi connectivity index (χ2n) is 8.79. The largest absolute Gasteiger partial charge is 0.491 e. The van der Waals surface area contributed by atoms with Crippen LogP contribution in [0.1, 0.15) is 42.7 Å². The van der Waals surface area contributed by atoms with Crippen LogP contribution in [0.15, 0.2) is 53.8 Å². The van der Waals surface area contributed by atoms with Crippen molar-refractivity contribution in [3.05, 3.63) is 86.5 Å². The minimum Gasteiger partial charge on any atom is -0.491 e. The van der Waals surface area contributed by atoms with Crippen LogP contribution in [0.25, 0.3) is 10.4 Å². The molecule has 13 heteroatoms. The zero-order valence-corrected chi connectivity index (χ0v) is 22.6. The molecule has 11 nitrogen and oxygen atoms in total. The molecule has 1 heterocycles. The average Bonchev–Trinajstić information content (AvgIpc) is 2.87. The number of ether oxygens (including phenoxy) is 2. The van der Waals surface area contributed by atoms with Crippen LogP contribution in [0, 0.1) is 11.3 Å². The van der Waals surface area contributed by atoms with Crippen molar-refractivity contribution >= 4 is 27.6 Å². The Kier molecular flexibility index (Phi) is 9.36. The van der Waals surface area contributed by atoms with E-state index in [-0.39, 0.29) is 19.2 Å². The lowest BCUT2D eigenvalue weighted by atomic mass is 9.77. The molecule has 38 heavy (non-hydrogen) atoms. The molecular weight excluding hydrogens is 530 g/mol. The van der Waals surface area contributed by atoms with Crippen LogP contribution in [0.5, 0.6) is 11.5 Å². The van der Waals surface area contributed by atoms with Crippen molar-refractivity contribution in [3.8, 4) is 17.6 Å². The number of halogens is 1. The average molecular weight is 556 g/mol. The topological polar surface area (TPSA) is 163 Å². The number of anilines is 1. The van der Waals surface area contributed by atoms with E-state index in [1.807, 2.05) is 38.1 Å². The van der Waals surface area contributed by atoms with Crippen molar-refractivity contribution in [2.24, 2.45) is 5.11 Å². The predicted molar refractivity (Wildman–Crippen MR) is 144 cm³/mol. The molecule has 0 unspecified atom stereocenters. The summed E-state index contributed by atoms with van der Waals surface area (Å²) in [5, 5.41) is 13.5. The van der Waals surface area contributed by atoms with Gasteiger partial charge in [-0.25, -0.2) is 18.4 Å². The van der Waals surface area contributed by atoms with Gasteiger partial charge in [0, 0.05) is 23.1 Å². The van der Waals surface area contributed by atoms with Gasteiger partial charge in [-0.15, -0.1) is 0 Å². The van der Waals surface area contributed by atoms with Gasteiger partial charge in [0.15, 0.2) is 5.75 Å². The maximum Gasteiger partial charge on any atom is 0.236 e. The minimum absolute atomic E-state index is 0.0225. The number of hydrogen-bond acceptors (Lipinski definition) is 8. The highest BCUT2D eigenvalue weighted by atomic mass is 35.5. The summed E-state index contributed by atoms with van der Waals surface area (Å²) in [6, 6.07) is 14.8. The van der Waals surface area contributed by atoms with Crippen LogP contribution in [0.3, 0.4) is 0 Å². The predicted octanol–water partition coefficient (Wildman–Crippen LogP) is 5.36. The Balaban J connectivity index is 1.72. The fourth-order valence-corrected chi connectivity index (χ4v) is 4.23. The standard InChI is InChI=1S/C25H26ClN7O4S/c1-25(2,19-13-17(15-27)23(22(26)14-19)36-12-4-10-30-33-28)18-5-7-21(8-6-18)37-16-20-9-11-29-24(31-20)32-38(3,34)35/h5-9,11,13-14H,4,10,12,16H2,1-3H3,(H,29,31,32). The van der Waals surface area contributed by atoms with E-state index in [9.17, 15) is 13.7 Å². The summed E-state index contributed by atoms with van der Waals surface area (Å²) in [5.41, 5.74) is 10.5. The summed E-state index contributed by atoms with van der Waals surface area (Å²) in [4.78, 5) is 10.7. The van der Waals surface area contributed by atoms with E-state index >= 15 is 0 Å². The summed E-state index contributed by atoms with van der Waals surface area (Å²) in [6.45, 7) is 4.72. The molecule has 0 aliphatic heterocycles. The third-order valence-electron chi connectivity index (χ3n) is 5.55. The number of nitriles is 1. The Morgan fingerprint density at radius 1 is 1.18 bits per heavy atom. The van der Waals surface area contributed by atoms with Crippen LogP contribution in [0.4, 0.5) is 5.95 Å². The van der Waals surface area contributed by atoms with Crippen molar-refractivity contribution < 1.29 is 17.9 Å². The SMILES string of the molecule is CC(C)(c1ccc(OCc2ccnc(NS(C)(=O)=O)n2)cc1)c1cc(Cl)c(OCCCN=[N+]=[N-])c(C#N)c1. The zero-order chi connectivity index (χ0) is 27.8. The van der Waals surface area contributed by atoms with E-state index in [0.29, 0.717) is 40.7 Å². The van der Waals surface area contributed by atoms with Crippen LogP contribution < -0.4 is 14.2 Å². The van der Waals surface area contributed by atoms with Crippen LogP contribution in [-0.2, 0) is 22.0 Å². The number of sulfonamides is 1. The molecule has 3 rings (SSSR count). The smallest absolute Gasteiger partial charge is 0.236 e. The maximum atomic E-state index is 11.4. The molecule has 3 aromatic rings. The summed E-state index contributed by atoms with van der Waals surface area (Å²) < 4.78 is 36.5. The highest BCUT2D eigenvalue weighted by Gasteiger charge is 2.26. The van der Waals surface area contributed by atoms with Crippen molar-refractivity contribution in [1.82, 2.24) is 9.97 Å². The first-order valence-electron chi connectivity index (χ1n) is 11.4. The Bertz CT molecular complexity index is 1480. The quantitative estimate of drug-likeness (QED) is 0.136. The Hall–Kier alpha value is -4.04. The Morgan fingerprint density at radius 3 is 2.58 bits per heavy atom. The van der Waals surface area contributed by atoms with Gasteiger partial charge in [-0.05, 0) is 53.4 Å². The highest BCUT2D eigenvalue weighted by Crippen LogP contribution is 2.38. The van der Waals surface area contributed by atoms with Crippen molar-refractivity contribution in [1.29, 1.82) is 5.26 Å². The molecule has 0 spiro atoms. The van der Waals surface area contributed by atoms with Crippen molar-refractivity contribution in [3.63, 3.8) is 0 Å².